The Morgan fingerprint density at radius 1 is 1.17 bits per heavy atom. The van der Waals surface area contributed by atoms with E-state index in [1.54, 1.807) is 0 Å². The van der Waals surface area contributed by atoms with Crippen LogP contribution in [-0.4, -0.2) is 22.3 Å². The molecule has 5 nitrogen and oxygen atoms in total. The molecule has 1 aromatic heterocycles. The maximum absolute atomic E-state index is 11.0. The maximum atomic E-state index is 11.0. The fourth-order valence-corrected chi connectivity index (χ4v) is 1.07. The first-order valence-corrected chi connectivity index (χ1v) is 3.27. The summed E-state index contributed by atoms with van der Waals surface area (Å²) in [6.07, 6.45) is 1.38. The highest BCUT2D eigenvalue weighted by Gasteiger charge is 2.28. The van der Waals surface area contributed by atoms with Crippen LogP contribution in [0.15, 0.2) is 18.3 Å². The van der Waals surface area contributed by atoms with Crippen molar-refractivity contribution in [2.75, 3.05) is 0 Å². The minimum absolute atomic E-state index is 0.194. The van der Waals surface area contributed by atoms with Crippen molar-refractivity contribution < 1.29 is 14.4 Å². The molecule has 0 bridgehead atoms. The smallest absolute Gasteiger partial charge is 0.283 e. The summed E-state index contributed by atoms with van der Waals surface area (Å²) in [7, 11) is 0. The molecule has 1 aromatic rings. The van der Waals surface area contributed by atoms with Crippen LogP contribution < -0.4 is 5.32 Å². The summed E-state index contributed by atoms with van der Waals surface area (Å²) in [4.78, 5) is 32.8. The van der Waals surface area contributed by atoms with E-state index >= 15 is 0 Å². The monoisotopic (exact) mass is 164 g/mol. The molecule has 0 saturated heterocycles. The second kappa shape index (κ2) is 2.04. The number of nitrogens with one attached hydrogen (secondary N) is 1. The van der Waals surface area contributed by atoms with E-state index in [9.17, 15) is 14.4 Å². The standard InChI is InChI=1S/C7H4N2O3/c10-5-4-2-1-3-9(4)7(12)6(11)8-5/h1-3H,(H,8,10,11). The van der Waals surface area contributed by atoms with E-state index in [1.807, 2.05) is 5.32 Å². The molecule has 0 aliphatic carbocycles. The van der Waals surface area contributed by atoms with Gasteiger partial charge in [-0.25, -0.2) is 0 Å². The van der Waals surface area contributed by atoms with Gasteiger partial charge in [0.25, 0.3) is 5.91 Å². The Hall–Kier alpha value is -1.91. The third kappa shape index (κ3) is 0.701. The zero-order chi connectivity index (χ0) is 8.72. The summed E-state index contributed by atoms with van der Waals surface area (Å²) in [6.45, 7) is 0. The molecule has 1 N–H and O–H groups in total. The lowest BCUT2D eigenvalue weighted by Crippen LogP contribution is -2.45. The van der Waals surface area contributed by atoms with Gasteiger partial charge in [-0.3, -0.25) is 24.3 Å². The summed E-state index contributed by atoms with van der Waals surface area (Å²) in [5, 5.41) is 1.92. The maximum Gasteiger partial charge on any atom is 0.320 e. The Balaban J connectivity index is 2.64. The molecule has 5 heteroatoms. The Morgan fingerprint density at radius 2 is 1.92 bits per heavy atom. The van der Waals surface area contributed by atoms with E-state index in [1.165, 1.54) is 18.3 Å². The number of carbonyl (C=O) groups excluding carboxylic acids is 3. The predicted octanol–water partition coefficient (Wildman–Crippen LogP) is -0.602. The highest BCUT2D eigenvalue weighted by Crippen LogP contribution is 2.05. The zero-order valence-corrected chi connectivity index (χ0v) is 5.90. The molecule has 2 heterocycles. The van der Waals surface area contributed by atoms with Gasteiger partial charge in [0.05, 0.1) is 0 Å². The van der Waals surface area contributed by atoms with Gasteiger partial charge in [-0.05, 0) is 12.1 Å². The third-order valence-corrected chi connectivity index (χ3v) is 1.62. The van der Waals surface area contributed by atoms with E-state index in [2.05, 4.69) is 0 Å². The number of fused-ring (bicyclic) bond motifs is 1. The highest BCUT2D eigenvalue weighted by molar-refractivity contribution is 6.42. The second-order valence-electron chi connectivity index (χ2n) is 2.35. The summed E-state index contributed by atoms with van der Waals surface area (Å²) in [6, 6.07) is 3.01. The fraction of sp³-hybridized carbons (Fsp3) is 0. The van der Waals surface area contributed by atoms with E-state index in [0.717, 1.165) is 4.57 Å². The first kappa shape index (κ1) is 6.78. The topological polar surface area (TPSA) is 68.2 Å². The van der Waals surface area contributed by atoms with Crippen LogP contribution >= 0.6 is 0 Å². The number of nitrogens with zero attached hydrogens (tertiary/aromatic N) is 1. The molecule has 0 unspecified atom stereocenters. The largest absolute Gasteiger partial charge is 0.320 e. The molecular weight excluding hydrogens is 160 g/mol. The molecule has 0 aromatic carbocycles. The Kier molecular flexibility index (Phi) is 1.15. The molecule has 2 amide bonds. The number of hydrogen-bond acceptors (Lipinski definition) is 3. The Bertz CT molecular complexity index is 391. The molecule has 1 aliphatic heterocycles. The van der Waals surface area contributed by atoms with Gasteiger partial charge >= 0.3 is 11.8 Å². The fourth-order valence-electron chi connectivity index (χ4n) is 1.07. The van der Waals surface area contributed by atoms with Crippen LogP contribution in [0.3, 0.4) is 0 Å². The van der Waals surface area contributed by atoms with Crippen LogP contribution in [0.2, 0.25) is 0 Å². The van der Waals surface area contributed by atoms with Crippen LogP contribution in [0.4, 0.5) is 0 Å². The lowest BCUT2D eigenvalue weighted by atomic mass is 10.3. The molecule has 0 radical (unpaired) electrons. The summed E-state index contributed by atoms with van der Waals surface area (Å²) in [5.41, 5.74) is 0.194. The highest BCUT2D eigenvalue weighted by atomic mass is 16.2. The van der Waals surface area contributed by atoms with Crippen molar-refractivity contribution in [1.82, 2.24) is 9.88 Å². The van der Waals surface area contributed by atoms with E-state index in [-0.39, 0.29) is 5.69 Å². The Morgan fingerprint density at radius 3 is 2.67 bits per heavy atom. The lowest BCUT2D eigenvalue weighted by molar-refractivity contribution is -0.116. The quantitative estimate of drug-likeness (QED) is 0.411. The second-order valence-corrected chi connectivity index (χ2v) is 2.35. The van der Waals surface area contributed by atoms with Crippen molar-refractivity contribution in [3.63, 3.8) is 0 Å². The van der Waals surface area contributed by atoms with Crippen LogP contribution in [0, 0.1) is 0 Å². The van der Waals surface area contributed by atoms with Gasteiger partial charge < -0.3 is 0 Å². The minimum Gasteiger partial charge on any atom is -0.283 e. The molecule has 0 atom stereocenters. The van der Waals surface area contributed by atoms with Crippen molar-refractivity contribution in [3.8, 4) is 0 Å². The summed E-state index contributed by atoms with van der Waals surface area (Å²) in [5.74, 6) is -2.15. The van der Waals surface area contributed by atoms with Gasteiger partial charge in [-0.2, -0.15) is 0 Å². The van der Waals surface area contributed by atoms with Gasteiger partial charge in [0, 0.05) is 6.20 Å². The first-order valence-electron chi connectivity index (χ1n) is 3.27. The van der Waals surface area contributed by atoms with Crippen LogP contribution in [0.25, 0.3) is 0 Å². The van der Waals surface area contributed by atoms with Gasteiger partial charge in [-0.1, -0.05) is 0 Å². The summed E-state index contributed by atoms with van der Waals surface area (Å²) < 4.78 is 1.03. The van der Waals surface area contributed by atoms with E-state index < -0.39 is 17.7 Å². The average Bonchev–Trinajstić information content (AvgIpc) is 2.48. The Labute approximate surface area is 67.0 Å². The number of rotatable bonds is 0. The number of carbonyl (C=O) groups is 3. The lowest BCUT2D eigenvalue weighted by Gasteiger charge is -2.11. The van der Waals surface area contributed by atoms with Crippen LogP contribution in [0.5, 0.6) is 0 Å². The van der Waals surface area contributed by atoms with Gasteiger partial charge in [0.15, 0.2) is 0 Å². The number of aromatic nitrogens is 1. The van der Waals surface area contributed by atoms with Crippen LogP contribution in [0.1, 0.15) is 15.3 Å². The molecule has 0 saturated carbocycles. The van der Waals surface area contributed by atoms with Crippen molar-refractivity contribution in [3.05, 3.63) is 24.0 Å². The van der Waals surface area contributed by atoms with Gasteiger partial charge in [0.1, 0.15) is 5.69 Å². The molecular formula is C7H4N2O3. The molecule has 0 spiro atoms. The molecule has 12 heavy (non-hydrogen) atoms. The van der Waals surface area contributed by atoms with E-state index in [4.69, 9.17) is 0 Å². The van der Waals surface area contributed by atoms with Crippen molar-refractivity contribution in [1.29, 1.82) is 0 Å². The predicted molar refractivity (Wildman–Crippen MR) is 37.5 cm³/mol. The SMILES string of the molecule is O=C1NC(=O)c2cccn2C1=O. The molecule has 0 fully saturated rings. The average molecular weight is 164 g/mol. The number of imide groups is 1. The van der Waals surface area contributed by atoms with Crippen molar-refractivity contribution >= 4 is 17.7 Å². The zero-order valence-electron chi connectivity index (χ0n) is 5.90. The normalized spacial score (nSPS) is 15.8. The third-order valence-electron chi connectivity index (χ3n) is 1.62. The van der Waals surface area contributed by atoms with Crippen molar-refractivity contribution in [2.24, 2.45) is 0 Å². The van der Waals surface area contributed by atoms with Gasteiger partial charge in [-0.15, -0.1) is 0 Å². The molecule has 1 aliphatic rings. The van der Waals surface area contributed by atoms with Crippen molar-refractivity contribution in [2.45, 2.75) is 0 Å². The number of amides is 2. The first-order chi connectivity index (χ1) is 5.70. The van der Waals surface area contributed by atoms with Gasteiger partial charge in [0.2, 0.25) is 0 Å². The number of hydrogen-bond donors (Lipinski definition) is 1. The summed E-state index contributed by atoms with van der Waals surface area (Å²) >= 11 is 0. The van der Waals surface area contributed by atoms with E-state index in [0.29, 0.717) is 0 Å². The molecule has 2 rings (SSSR count). The van der Waals surface area contributed by atoms with Crippen LogP contribution in [-0.2, 0) is 4.79 Å². The minimum atomic E-state index is -0.885. The molecule has 60 valence electrons.